The minimum atomic E-state index is -1.24. The van der Waals surface area contributed by atoms with Gasteiger partial charge in [0.05, 0.1) is 23.6 Å². The Morgan fingerprint density at radius 2 is 2.04 bits per heavy atom. The van der Waals surface area contributed by atoms with Gasteiger partial charge in [-0.25, -0.2) is 4.79 Å². The first-order valence-electron chi connectivity index (χ1n) is 7.73. The number of aromatic amines is 1. The number of carbonyl (C=O) groups is 1. The predicted octanol–water partition coefficient (Wildman–Crippen LogP) is 1.28. The van der Waals surface area contributed by atoms with Crippen LogP contribution in [-0.4, -0.2) is 44.1 Å². The van der Waals surface area contributed by atoms with Crippen molar-refractivity contribution < 1.29 is 19.7 Å². The predicted molar refractivity (Wildman–Crippen MR) is 89.5 cm³/mol. The van der Waals surface area contributed by atoms with E-state index in [4.69, 9.17) is 4.74 Å². The molecule has 2 atom stereocenters. The Morgan fingerprint density at radius 1 is 1.24 bits per heavy atom. The normalized spacial score (nSPS) is 13.4. The summed E-state index contributed by atoms with van der Waals surface area (Å²) in [6, 6.07) is 10.9. The average Bonchev–Trinajstić information content (AvgIpc) is 3.12. The van der Waals surface area contributed by atoms with Crippen molar-refractivity contribution in [3.63, 3.8) is 0 Å². The second-order valence-corrected chi connectivity index (χ2v) is 5.52. The van der Waals surface area contributed by atoms with Crippen LogP contribution in [0.3, 0.4) is 0 Å². The van der Waals surface area contributed by atoms with Crippen molar-refractivity contribution in [1.29, 1.82) is 0 Å². The number of H-pyrrole nitrogens is 1. The van der Waals surface area contributed by atoms with Gasteiger partial charge in [0.2, 0.25) is 0 Å². The molecule has 25 heavy (non-hydrogen) atoms. The maximum Gasteiger partial charge on any atom is 0.407 e. The van der Waals surface area contributed by atoms with Gasteiger partial charge in [0.15, 0.2) is 0 Å². The van der Waals surface area contributed by atoms with Crippen molar-refractivity contribution in [3.05, 3.63) is 60.0 Å². The van der Waals surface area contributed by atoms with Gasteiger partial charge in [0.1, 0.15) is 18.8 Å². The summed E-state index contributed by atoms with van der Waals surface area (Å²) in [5, 5.41) is 30.0. The van der Waals surface area contributed by atoms with E-state index in [1.807, 2.05) is 30.3 Å². The number of nitrogens with zero attached hydrogens (tertiary/aromatic N) is 2. The van der Waals surface area contributed by atoms with Crippen LogP contribution in [0.15, 0.2) is 48.8 Å². The molecule has 4 N–H and O–H groups in total. The van der Waals surface area contributed by atoms with E-state index in [9.17, 15) is 15.0 Å². The van der Waals surface area contributed by atoms with Gasteiger partial charge in [0.25, 0.3) is 0 Å². The zero-order valence-electron chi connectivity index (χ0n) is 13.3. The number of alkyl carbamates (subject to hydrolysis) is 1. The molecule has 0 aliphatic heterocycles. The minimum absolute atomic E-state index is 0.129. The summed E-state index contributed by atoms with van der Waals surface area (Å²) in [6.45, 7) is -0.0378. The van der Waals surface area contributed by atoms with Gasteiger partial charge in [0, 0.05) is 11.9 Å². The lowest BCUT2D eigenvalue weighted by atomic mass is 10.1. The largest absolute Gasteiger partial charge is 0.445 e. The number of aliphatic hydroxyl groups is 2. The van der Waals surface area contributed by atoms with Crippen LogP contribution in [0.4, 0.5) is 4.79 Å². The van der Waals surface area contributed by atoms with E-state index in [0.29, 0.717) is 5.69 Å². The quantitative estimate of drug-likeness (QED) is 0.535. The van der Waals surface area contributed by atoms with E-state index in [1.165, 1.54) is 6.20 Å². The van der Waals surface area contributed by atoms with Crippen LogP contribution in [-0.2, 0) is 11.3 Å². The summed E-state index contributed by atoms with van der Waals surface area (Å²) in [7, 11) is 0. The fraction of sp³-hybridized carbons (Fsp3) is 0.235. The Hall–Kier alpha value is -2.97. The first kappa shape index (κ1) is 16.9. The van der Waals surface area contributed by atoms with Crippen LogP contribution < -0.4 is 5.32 Å². The zero-order valence-corrected chi connectivity index (χ0v) is 13.3. The molecule has 0 radical (unpaired) electrons. The van der Waals surface area contributed by atoms with Crippen LogP contribution in [0.25, 0.3) is 10.9 Å². The van der Waals surface area contributed by atoms with Gasteiger partial charge >= 0.3 is 6.09 Å². The average molecular weight is 342 g/mol. The van der Waals surface area contributed by atoms with Crippen LogP contribution in [0.2, 0.25) is 0 Å². The summed E-state index contributed by atoms with van der Waals surface area (Å²) in [4.78, 5) is 15.7. The van der Waals surface area contributed by atoms with E-state index in [0.717, 1.165) is 16.5 Å². The monoisotopic (exact) mass is 342 g/mol. The molecule has 0 bridgehead atoms. The Balaban J connectivity index is 1.49. The Morgan fingerprint density at radius 3 is 2.84 bits per heavy atom. The maximum atomic E-state index is 11.7. The number of amides is 1. The molecule has 0 saturated carbocycles. The van der Waals surface area contributed by atoms with Gasteiger partial charge in [-0.05, 0) is 11.6 Å². The fourth-order valence-electron chi connectivity index (χ4n) is 2.29. The highest BCUT2D eigenvalue weighted by Gasteiger charge is 2.21. The summed E-state index contributed by atoms with van der Waals surface area (Å²) < 4.78 is 5.04. The topological polar surface area (TPSA) is 120 Å². The number of aromatic nitrogens is 3. The number of carbonyl (C=O) groups excluding carboxylic acids is 1. The zero-order chi connectivity index (χ0) is 17.6. The second kappa shape index (κ2) is 7.73. The third-order valence-corrected chi connectivity index (χ3v) is 3.68. The number of hydrogen-bond acceptors (Lipinski definition) is 6. The number of fused-ring (bicyclic) bond motifs is 1. The molecule has 2 unspecified atom stereocenters. The van der Waals surface area contributed by atoms with E-state index in [2.05, 4.69) is 20.5 Å². The number of nitrogens with one attached hydrogen (secondary N) is 2. The molecule has 0 aliphatic rings. The van der Waals surface area contributed by atoms with E-state index < -0.39 is 18.3 Å². The first-order chi connectivity index (χ1) is 12.1. The molecule has 8 nitrogen and oxygen atoms in total. The first-order valence-corrected chi connectivity index (χ1v) is 7.73. The Bertz CT molecular complexity index is 837. The fourth-order valence-corrected chi connectivity index (χ4v) is 2.29. The second-order valence-electron chi connectivity index (χ2n) is 5.52. The molecule has 0 fully saturated rings. The van der Waals surface area contributed by atoms with Crippen LogP contribution in [0.5, 0.6) is 0 Å². The lowest BCUT2D eigenvalue weighted by Crippen LogP contribution is -2.36. The molecular weight excluding hydrogens is 324 g/mol. The van der Waals surface area contributed by atoms with Crippen molar-refractivity contribution in [3.8, 4) is 0 Å². The molecule has 3 aromatic rings. The highest BCUT2D eigenvalue weighted by molar-refractivity contribution is 5.77. The van der Waals surface area contributed by atoms with Crippen molar-refractivity contribution in [2.45, 2.75) is 18.8 Å². The number of pyridine rings is 1. The van der Waals surface area contributed by atoms with Crippen molar-refractivity contribution in [2.75, 3.05) is 6.54 Å². The highest BCUT2D eigenvalue weighted by Crippen LogP contribution is 2.18. The molecular formula is C17H18N4O4. The van der Waals surface area contributed by atoms with Crippen LogP contribution in [0.1, 0.15) is 17.4 Å². The SMILES string of the molecule is O=C(NCC(O)C(O)c1cc2cn[nH]c2cn1)OCc1ccccc1. The molecule has 2 aromatic heterocycles. The smallest absolute Gasteiger partial charge is 0.407 e. The Labute approximate surface area is 143 Å². The Kier molecular flexibility index (Phi) is 5.22. The molecule has 0 spiro atoms. The third kappa shape index (κ3) is 4.31. The number of rotatable bonds is 6. The molecule has 0 saturated heterocycles. The van der Waals surface area contributed by atoms with Crippen LogP contribution in [0, 0.1) is 0 Å². The molecule has 8 heteroatoms. The van der Waals surface area contributed by atoms with Crippen molar-refractivity contribution >= 4 is 17.0 Å². The van der Waals surface area contributed by atoms with E-state index >= 15 is 0 Å². The molecule has 3 rings (SSSR count). The lowest BCUT2D eigenvalue weighted by Gasteiger charge is -2.17. The minimum Gasteiger partial charge on any atom is -0.445 e. The number of aliphatic hydroxyl groups excluding tert-OH is 2. The van der Waals surface area contributed by atoms with E-state index in [1.54, 1.807) is 12.3 Å². The van der Waals surface area contributed by atoms with Crippen LogP contribution >= 0.6 is 0 Å². The summed E-state index contributed by atoms with van der Waals surface area (Å²) in [6.07, 6.45) is -0.0169. The molecule has 0 aliphatic carbocycles. The number of benzene rings is 1. The van der Waals surface area contributed by atoms with Gasteiger partial charge < -0.3 is 20.3 Å². The molecule has 1 amide bonds. The molecule has 1 aromatic carbocycles. The number of ether oxygens (including phenoxy) is 1. The third-order valence-electron chi connectivity index (χ3n) is 3.68. The van der Waals surface area contributed by atoms with Crippen molar-refractivity contribution in [2.24, 2.45) is 0 Å². The van der Waals surface area contributed by atoms with Gasteiger partial charge in [-0.15, -0.1) is 0 Å². The van der Waals surface area contributed by atoms with Gasteiger partial charge in [-0.1, -0.05) is 30.3 Å². The lowest BCUT2D eigenvalue weighted by molar-refractivity contribution is 0.0160. The van der Waals surface area contributed by atoms with E-state index in [-0.39, 0.29) is 13.2 Å². The molecule has 130 valence electrons. The maximum absolute atomic E-state index is 11.7. The van der Waals surface area contributed by atoms with Gasteiger partial charge in [-0.2, -0.15) is 5.10 Å². The van der Waals surface area contributed by atoms with Crippen molar-refractivity contribution in [1.82, 2.24) is 20.5 Å². The number of hydrogen-bond donors (Lipinski definition) is 4. The summed E-state index contributed by atoms with van der Waals surface area (Å²) in [5.74, 6) is 0. The summed E-state index contributed by atoms with van der Waals surface area (Å²) in [5.41, 5.74) is 1.88. The highest BCUT2D eigenvalue weighted by atomic mass is 16.5. The van der Waals surface area contributed by atoms with Gasteiger partial charge in [-0.3, -0.25) is 10.1 Å². The standard InChI is InChI=1S/C17H18N4O4/c22-15(9-19-17(24)25-10-11-4-2-1-3-5-11)16(23)13-6-12-7-20-21-14(12)8-18-13/h1-8,15-16,22-23H,9-10H2,(H,19,24)(H,20,21). The molecule has 2 heterocycles. The summed E-state index contributed by atoms with van der Waals surface area (Å²) >= 11 is 0.